The lowest BCUT2D eigenvalue weighted by Crippen LogP contribution is -2.08. The van der Waals surface area contributed by atoms with E-state index >= 15 is 0 Å². The van der Waals surface area contributed by atoms with Gasteiger partial charge in [0.05, 0.1) is 18.8 Å². The molecule has 3 aromatic rings. The van der Waals surface area contributed by atoms with Gasteiger partial charge in [-0.15, -0.1) is 0 Å². The van der Waals surface area contributed by atoms with Crippen molar-refractivity contribution in [1.82, 2.24) is 9.38 Å². The molecule has 0 saturated carbocycles. The van der Waals surface area contributed by atoms with Crippen LogP contribution in [0.4, 0.5) is 0 Å². The minimum Gasteiger partial charge on any atom is -0.464 e. The smallest absolute Gasteiger partial charge is 0.355 e. The minimum absolute atomic E-state index is 0.399. The molecular formula is C15H11ClN2O2. The molecule has 0 fully saturated rings. The number of carbonyl (C=O) groups is 1. The molecule has 3 rings (SSSR count). The van der Waals surface area contributed by atoms with Crippen molar-refractivity contribution in [2.45, 2.75) is 0 Å². The van der Waals surface area contributed by atoms with Crippen LogP contribution in [0.5, 0.6) is 0 Å². The van der Waals surface area contributed by atoms with Crippen LogP contribution in [0.15, 0.2) is 48.7 Å². The van der Waals surface area contributed by atoms with Gasteiger partial charge in [0.1, 0.15) is 11.5 Å². The Kier molecular flexibility index (Phi) is 3.16. The van der Waals surface area contributed by atoms with Crippen LogP contribution in [0.25, 0.3) is 16.9 Å². The van der Waals surface area contributed by atoms with Gasteiger partial charge in [-0.05, 0) is 36.4 Å². The second-order valence-corrected chi connectivity index (χ2v) is 4.69. The first kappa shape index (κ1) is 12.7. The zero-order valence-corrected chi connectivity index (χ0v) is 11.5. The van der Waals surface area contributed by atoms with Crippen molar-refractivity contribution in [2.75, 3.05) is 7.11 Å². The number of imidazole rings is 1. The van der Waals surface area contributed by atoms with Crippen LogP contribution >= 0.6 is 11.6 Å². The Balaban J connectivity index is 2.26. The zero-order chi connectivity index (χ0) is 14.1. The molecule has 4 nitrogen and oxygen atoms in total. The van der Waals surface area contributed by atoms with Crippen LogP contribution in [0, 0.1) is 0 Å². The zero-order valence-electron chi connectivity index (χ0n) is 10.7. The summed E-state index contributed by atoms with van der Waals surface area (Å²) in [5.41, 5.74) is 2.15. The molecule has 0 amide bonds. The van der Waals surface area contributed by atoms with E-state index < -0.39 is 5.97 Å². The fraction of sp³-hybridized carbons (Fsp3) is 0.0667. The number of pyridine rings is 1. The summed E-state index contributed by atoms with van der Waals surface area (Å²) in [5.74, 6) is 0.279. The normalized spacial score (nSPS) is 10.7. The van der Waals surface area contributed by atoms with Crippen LogP contribution in [0.2, 0.25) is 5.02 Å². The number of hydrogen-bond acceptors (Lipinski definition) is 3. The average molecular weight is 287 g/mol. The lowest BCUT2D eigenvalue weighted by atomic mass is 10.2. The summed E-state index contributed by atoms with van der Waals surface area (Å²) in [6, 6.07) is 12.7. The number of hydrogen-bond donors (Lipinski definition) is 0. The third-order valence-electron chi connectivity index (χ3n) is 3.05. The highest BCUT2D eigenvalue weighted by atomic mass is 35.5. The van der Waals surface area contributed by atoms with Crippen molar-refractivity contribution in [2.24, 2.45) is 0 Å². The van der Waals surface area contributed by atoms with Gasteiger partial charge >= 0.3 is 5.97 Å². The molecular weight excluding hydrogens is 276 g/mol. The van der Waals surface area contributed by atoms with E-state index in [1.165, 1.54) is 7.11 Å². The Labute approximate surface area is 120 Å². The number of fused-ring (bicyclic) bond motifs is 1. The lowest BCUT2D eigenvalue weighted by molar-refractivity contribution is 0.0592. The van der Waals surface area contributed by atoms with Gasteiger partial charge in [0.15, 0.2) is 0 Å². The van der Waals surface area contributed by atoms with Crippen LogP contribution in [-0.4, -0.2) is 22.5 Å². The molecule has 20 heavy (non-hydrogen) atoms. The number of benzene rings is 1. The molecule has 0 unspecified atom stereocenters. The Hall–Kier alpha value is -2.33. The van der Waals surface area contributed by atoms with E-state index in [2.05, 4.69) is 4.98 Å². The maximum atomic E-state index is 11.9. The van der Waals surface area contributed by atoms with Crippen molar-refractivity contribution in [3.05, 3.63) is 59.4 Å². The molecule has 100 valence electrons. The van der Waals surface area contributed by atoms with E-state index in [1.54, 1.807) is 34.9 Å². The van der Waals surface area contributed by atoms with Gasteiger partial charge in [0.2, 0.25) is 0 Å². The van der Waals surface area contributed by atoms with Gasteiger partial charge in [-0.25, -0.2) is 9.78 Å². The molecule has 0 aliphatic rings. The predicted octanol–water partition coefficient (Wildman–Crippen LogP) is 3.44. The number of methoxy groups -OCH3 is 1. The van der Waals surface area contributed by atoms with Crippen LogP contribution in [0.1, 0.15) is 10.5 Å². The summed E-state index contributed by atoms with van der Waals surface area (Å²) >= 11 is 5.89. The minimum atomic E-state index is -0.399. The van der Waals surface area contributed by atoms with Crippen molar-refractivity contribution >= 4 is 23.1 Å². The highest BCUT2D eigenvalue weighted by molar-refractivity contribution is 6.30. The molecule has 0 aliphatic heterocycles. The second kappa shape index (κ2) is 4.98. The van der Waals surface area contributed by atoms with Gasteiger partial charge < -0.3 is 4.74 Å². The SMILES string of the molecule is COC(=O)c1cccc2cnc(-c3ccc(Cl)cc3)n12. The highest BCUT2D eigenvalue weighted by Gasteiger charge is 2.15. The van der Waals surface area contributed by atoms with Gasteiger partial charge in [-0.3, -0.25) is 4.40 Å². The summed E-state index contributed by atoms with van der Waals surface area (Å²) in [6.07, 6.45) is 1.72. The lowest BCUT2D eigenvalue weighted by Gasteiger charge is -2.07. The van der Waals surface area contributed by atoms with Crippen LogP contribution < -0.4 is 0 Å². The van der Waals surface area contributed by atoms with E-state index in [0.29, 0.717) is 16.5 Å². The summed E-state index contributed by atoms with van der Waals surface area (Å²) in [5, 5.41) is 0.655. The standard InChI is InChI=1S/C15H11ClN2O2/c1-20-15(19)13-4-2-3-12-9-17-14(18(12)13)10-5-7-11(16)8-6-10/h2-9H,1H3. The van der Waals surface area contributed by atoms with E-state index in [-0.39, 0.29) is 0 Å². The van der Waals surface area contributed by atoms with E-state index in [4.69, 9.17) is 16.3 Å². The molecule has 0 spiro atoms. The third kappa shape index (κ3) is 2.04. The van der Waals surface area contributed by atoms with Crippen molar-refractivity contribution in [1.29, 1.82) is 0 Å². The summed E-state index contributed by atoms with van der Waals surface area (Å²) < 4.78 is 6.59. The molecule has 0 aliphatic carbocycles. The quantitative estimate of drug-likeness (QED) is 0.678. The third-order valence-corrected chi connectivity index (χ3v) is 3.30. The van der Waals surface area contributed by atoms with Crippen molar-refractivity contribution < 1.29 is 9.53 Å². The summed E-state index contributed by atoms with van der Waals surface area (Å²) in [4.78, 5) is 16.3. The molecule has 5 heteroatoms. The van der Waals surface area contributed by atoms with Crippen molar-refractivity contribution in [3.63, 3.8) is 0 Å². The maximum absolute atomic E-state index is 11.9. The van der Waals surface area contributed by atoms with E-state index in [0.717, 1.165) is 11.1 Å². The van der Waals surface area contributed by atoms with Gasteiger partial charge in [-0.1, -0.05) is 17.7 Å². The van der Waals surface area contributed by atoms with Gasteiger partial charge in [-0.2, -0.15) is 0 Å². The average Bonchev–Trinajstić information content (AvgIpc) is 2.91. The molecule has 0 radical (unpaired) electrons. The van der Waals surface area contributed by atoms with Crippen LogP contribution in [-0.2, 0) is 4.74 Å². The predicted molar refractivity (Wildman–Crippen MR) is 77.0 cm³/mol. The molecule has 0 saturated heterocycles. The first-order chi connectivity index (χ1) is 9.70. The Morgan fingerprint density at radius 2 is 1.95 bits per heavy atom. The number of aromatic nitrogens is 2. The van der Waals surface area contributed by atoms with Crippen molar-refractivity contribution in [3.8, 4) is 11.4 Å². The number of esters is 1. The fourth-order valence-electron chi connectivity index (χ4n) is 2.11. The van der Waals surface area contributed by atoms with E-state index in [1.807, 2.05) is 18.2 Å². The molecule has 2 aromatic heterocycles. The number of carbonyl (C=O) groups excluding carboxylic acids is 1. The Morgan fingerprint density at radius 3 is 2.65 bits per heavy atom. The number of rotatable bonds is 2. The highest BCUT2D eigenvalue weighted by Crippen LogP contribution is 2.23. The molecule has 0 bridgehead atoms. The topological polar surface area (TPSA) is 43.6 Å². The van der Waals surface area contributed by atoms with Gasteiger partial charge in [0.25, 0.3) is 0 Å². The van der Waals surface area contributed by atoms with Crippen LogP contribution in [0.3, 0.4) is 0 Å². The summed E-state index contributed by atoms with van der Waals surface area (Å²) in [6.45, 7) is 0. The number of nitrogens with zero attached hydrogens (tertiary/aromatic N) is 2. The second-order valence-electron chi connectivity index (χ2n) is 4.25. The Bertz CT molecular complexity index is 778. The fourth-order valence-corrected chi connectivity index (χ4v) is 2.24. The van der Waals surface area contributed by atoms with E-state index in [9.17, 15) is 4.79 Å². The number of ether oxygens (including phenoxy) is 1. The molecule has 0 atom stereocenters. The monoisotopic (exact) mass is 286 g/mol. The molecule has 2 heterocycles. The summed E-state index contributed by atoms with van der Waals surface area (Å²) in [7, 11) is 1.36. The first-order valence-electron chi connectivity index (χ1n) is 6.01. The largest absolute Gasteiger partial charge is 0.464 e. The molecule has 1 aromatic carbocycles. The first-order valence-corrected chi connectivity index (χ1v) is 6.39. The molecule has 0 N–H and O–H groups in total. The number of halogens is 1. The maximum Gasteiger partial charge on any atom is 0.355 e. The Morgan fingerprint density at radius 1 is 1.20 bits per heavy atom. The van der Waals surface area contributed by atoms with Gasteiger partial charge in [0, 0.05) is 10.6 Å².